The Morgan fingerprint density at radius 1 is 1.50 bits per heavy atom. The average Bonchev–Trinajstić information content (AvgIpc) is 2.75. The van der Waals surface area contributed by atoms with Crippen molar-refractivity contribution in [3.63, 3.8) is 0 Å². The maximum absolute atomic E-state index is 12.0. The molecule has 0 bridgehead atoms. The van der Waals surface area contributed by atoms with Crippen LogP contribution in [0.2, 0.25) is 5.02 Å². The number of nitrogens with one attached hydrogen (secondary N) is 1. The van der Waals surface area contributed by atoms with Gasteiger partial charge in [0.1, 0.15) is 0 Å². The first-order chi connectivity index (χ1) is 8.56. The lowest BCUT2D eigenvalue weighted by atomic mass is 10.2. The van der Waals surface area contributed by atoms with Gasteiger partial charge in [-0.1, -0.05) is 11.6 Å². The molecule has 6 heteroatoms. The van der Waals surface area contributed by atoms with E-state index in [2.05, 4.69) is 26.3 Å². The van der Waals surface area contributed by atoms with Gasteiger partial charge in [-0.2, -0.15) is 5.10 Å². The fraction of sp³-hybridized carbons (Fsp3) is 0.167. The number of hydrogen-bond donors (Lipinski definition) is 1. The van der Waals surface area contributed by atoms with E-state index in [4.69, 9.17) is 11.6 Å². The van der Waals surface area contributed by atoms with Crippen LogP contribution in [0.15, 0.2) is 34.9 Å². The Balaban J connectivity index is 2.05. The minimum absolute atomic E-state index is 0.185. The van der Waals surface area contributed by atoms with Gasteiger partial charge in [-0.05, 0) is 40.2 Å². The summed E-state index contributed by atoms with van der Waals surface area (Å²) in [6.45, 7) is 0.388. The van der Waals surface area contributed by atoms with Gasteiger partial charge in [-0.25, -0.2) is 0 Å². The summed E-state index contributed by atoms with van der Waals surface area (Å²) >= 11 is 9.19. The van der Waals surface area contributed by atoms with Gasteiger partial charge >= 0.3 is 0 Å². The largest absolute Gasteiger partial charge is 0.346 e. The smallest absolute Gasteiger partial charge is 0.252 e. The van der Waals surface area contributed by atoms with Gasteiger partial charge in [0.25, 0.3) is 5.91 Å². The first-order valence-corrected chi connectivity index (χ1v) is 6.45. The molecule has 0 saturated heterocycles. The number of carbonyl (C=O) groups is 1. The number of benzene rings is 1. The number of halogens is 2. The summed E-state index contributed by atoms with van der Waals surface area (Å²) in [5.41, 5.74) is 1.32. The van der Waals surface area contributed by atoms with Crippen molar-refractivity contribution >= 4 is 33.4 Å². The summed E-state index contributed by atoms with van der Waals surface area (Å²) < 4.78 is 2.40. The van der Waals surface area contributed by atoms with Crippen molar-refractivity contribution in [2.24, 2.45) is 7.05 Å². The third-order valence-electron chi connectivity index (χ3n) is 2.37. The molecule has 1 N–H and O–H groups in total. The van der Waals surface area contributed by atoms with Gasteiger partial charge in [-0.3, -0.25) is 9.48 Å². The highest BCUT2D eigenvalue weighted by Crippen LogP contribution is 2.21. The van der Waals surface area contributed by atoms with Crippen LogP contribution in [0.3, 0.4) is 0 Å². The van der Waals surface area contributed by atoms with Crippen molar-refractivity contribution in [2.45, 2.75) is 6.54 Å². The molecule has 0 radical (unpaired) electrons. The molecule has 18 heavy (non-hydrogen) atoms. The van der Waals surface area contributed by atoms with Crippen molar-refractivity contribution in [1.29, 1.82) is 0 Å². The number of hydrogen-bond acceptors (Lipinski definition) is 2. The second-order valence-electron chi connectivity index (χ2n) is 3.79. The number of nitrogens with zero attached hydrogens (tertiary/aromatic N) is 2. The summed E-state index contributed by atoms with van der Waals surface area (Å²) in [6.07, 6.45) is 1.83. The zero-order chi connectivity index (χ0) is 13.1. The molecule has 0 aliphatic heterocycles. The molecule has 94 valence electrons. The van der Waals surface area contributed by atoms with Crippen LogP contribution in [0.25, 0.3) is 0 Å². The first-order valence-electron chi connectivity index (χ1n) is 5.28. The van der Waals surface area contributed by atoms with Crippen molar-refractivity contribution < 1.29 is 4.79 Å². The fourth-order valence-electron chi connectivity index (χ4n) is 1.50. The first kappa shape index (κ1) is 13.1. The molecule has 0 atom stereocenters. The molecule has 0 aliphatic carbocycles. The third-order valence-corrected chi connectivity index (χ3v) is 3.30. The average molecular weight is 329 g/mol. The van der Waals surface area contributed by atoms with E-state index in [1.165, 1.54) is 0 Å². The predicted octanol–water partition coefficient (Wildman–Crippen LogP) is 2.77. The Kier molecular flexibility index (Phi) is 4.04. The van der Waals surface area contributed by atoms with Crippen LogP contribution >= 0.6 is 27.5 Å². The maximum Gasteiger partial charge on any atom is 0.252 e. The van der Waals surface area contributed by atoms with E-state index in [9.17, 15) is 4.79 Å². The highest BCUT2D eigenvalue weighted by Gasteiger charge is 2.10. The Labute approximate surface area is 118 Å². The molecule has 2 aromatic rings. The van der Waals surface area contributed by atoms with Crippen LogP contribution in [-0.4, -0.2) is 15.7 Å². The van der Waals surface area contributed by atoms with Crippen LogP contribution in [0.4, 0.5) is 0 Å². The molecule has 1 amide bonds. The fourth-order valence-corrected chi connectivity index (χ4v) is 2.09. The van der Waals surface area contributed by atoms with Crippen molar-refractivity contribution in [3.8, 4) is 0 Å². The highest BCUT2D eigenvalue weighted by molar-refractivity contribution is 9.10. The van der Waals surface area contributed by atoms with Gasteiger partial charge in [0.15, 0.2) is 0 Å². The van der Waals surface area contributed by atoms with Crippen molar-refractivity contribution in [1.82, 2.24) is 15.1 Å². The van der Waals surface area contributed by atoms with Gasteiger partial charge < -0.3 is 5.32 Å². The Morgan fingerprint density at radius 2 is 2.28 bits per heavy atom. The molecule has 1 aromatic heterocycles. The lowest BCUT2D eigenvalue weighted by Gasteiger charge is -2.06. The number of aryl methyl sites for hydroxylation is 1. The van der Waals surface area contributed by atoms with E-state index in [1.54, 1.807) is 22.9 Å². The number of amides is 1. The topological polar surface area (TPSA) is 46.9 Å². The molecule has 1 aromatic carbocycles. The maximum atomic E-state index is 12.0. The third kappa shape index (κ3) is 3.11. The highest BCUT2D eigenvalue weighted by atomic mass is 79.9. The van der Waals surface area contributed by atoms with Gasteiger partial charge in [0, 0.05) is 22.7 Å². The minimum Gasteiger partial charge on any atom is -0.346 e. The van der Waals surface area contributed by atoms with E-state index in [-0.39, 0.29) is 5.91 Å². The molecule has 0 fully saturated rings. The zero-order valence-electron chi connectivity index (χ0n) is 9.65. The Morgan fingerprint density at radius 3 is 2.94 bits per heavy atom. The van der Waals surface area contributed by atoms with E-state index >= 15 is 0 Å². The van der Waals surface area contributed by atoms with Crippen molar-refractivity contribution in [3.05, 3.63) is 51.2 Å². The van der Waals surface area contributed by atoms with E-state index < -0.39 is 0 Å². The predicted molar refractivity (Wildman–Crippen MR) is 73.5 cm³/mol. The lowest BCUT2D eigenvalue weighted by Crippen LogP contribution is -2.23. The summed E-state index contributed by atoms with van der Waals surface area (Å²) in [5.74, 6) is -0.185. The SMILES string of the molecule is Cn1ccc(CNC(=O)c2cc(Cl)ccc2Br)n1. The molecule has 1 heterocycles. The lowest BCUT2D eigenvalue weighted by molar-refractivity contribution is 0.0949. The molecule has 2 rings (SSSR count). The molecule has 0 saturated carbocycles. The second kappa shape index (κ2) is 5.54. The number of rotatable bonds is 3. The van der Waals surface area contributed by atoms with E-state index in [0.717, 1.165) is 5.69 Å². The molecule has 0 unspecified atom stereocenters. The normalized spacial score (nSPS) is 10.4. The molecule has 0 spiro atoms. The molecular weight excluding hydrogens is 318 g/mol. The van der Waals surface area contributed by atoms with Crippen LogP contribution < -0.4 is 5.32 Å². The number of carbonyl (C=O) groups excluding carboxylic acids is 1. The Bertz CT molecular complexity index is 582. The van der Waals surface area contributed by atoms with Gasteiger partial charge in [0.05, 0.1) is 17.8 Å². The monoisotopic (exact) mass is 327 g/mol. The summed E-state index contributed by atoms with van der Waals surface area (Å²) in [6, 6.07) is 6.95. The zero-order valence-corrected chi connectivity index (χ0v) is 12.0. The number of aromatic nitrogens is 2. The van der Waals surface area contributed by atoms with Crippen LogP contribution in [0, 0.1) is 0 Å². The van der Waals surface area contributed by atoms with Crippen LogP contribution in [-0.2, 0) is 13.6 Å². The summed E-state index contributed by atoms with van der Waals surface area (Å²) in [4.78, 5) is 12.0. The van der Waals surface area contributed by atoms with Crippen LogP contribution in [0.5, 0.6) is 0 Å². The van der Waals surface area contributed by atoms with Crippen LogP contribution in [0.1, 0.15) is 16.1 Å². The van der Waals surface area contributed by atoms with E-state index in [1.807, 2.05) is 19.3 Å². The van der Waals surface area contributed by atoms with Gasteiger partial charge in [0.2, 0.25) is 0 Å². The summed E-state index contributed by atoms with van der Waals surface area (Å²) in [5, 5.41) is 7.50. The Hall–Kier alpha value is -1.33. The standard InChI is InChI=1S/C12H11BrClN3O/c1-17-5-4-9(16-17)7-15-12(18)10-6-8(14)2-3-11(10)13/h2-6H,7H2,1H3,(H,15,18). The van der Waals surface area contributed by atoms with E-state index in [0.29, 0.717) is 21.6 Å². The quantitative estimate of drug-likeness (QED) is 0.942. The van der Waals surface area contributed by atoms with Gasteiger partial charge in [-0.15, -0.1) is 0 Å². The summed E-state index contributed by atoms with van der Waals surface area (Å²) in [7, 11) is 1.83. The molecule has 0 aliphatic rings. The molecule has 4 nitrogen and oxygen atoms in total. The van der Waals surface area contributed by atoms with Crippen molar-refractivity contribution in [2.75, 3.05) is 0 Å². The molecular formula is C12H11BrClN3O. The minimum atomic E-state index is -0.185. The second-order valence-corrected chi connectivity index (χ2v) is 5.08.